The van der Waals surface area contributed by atoms with Gasteiger partial charge >= 0.3 is 0 Å². The molecule has 2 atom stereocenters. The average molecular weight is 447 g/mol. The molecule has 0 fully saturated rings. The molecule has 0 N–H and O–H groups in total. The lowest BCUT2D eigenvalue weighted by atomic mass is 10.0. The van der Waals surface area contributed by atoms with E-state index < -0.39 is 12.3 Å². The van der Waals surface area contributed by atoms with E-state index in [9.17, 15) is 8.78 Å². The van der Waals surface area contributed by atoms with Crippen molar-refractivity contribution in [2.24, 2.45) is 0 Å². The zero-order valence-corrected chi connectivity index (χ0v) is 19.9. The van der Waals surface area contributed by atoms with Gasteiger partial charge in [-0.25, -0.2) is 18.7 Å². The van der Waals surface area contributed by atoms with E-state index in [0.717, 1.165) is 12.0 Å². The fourth-order valence-corrected chi connectivity index (χ4v) is 3.66. The normalized spacial score (nSPS) is 13.1. The van der Waals surface area contributed by atoms with Crippen molar-refractivity contribution < 1.29 is 13.5 Å². The van der Waals surface area contributed by atoms with E-state index in [0.29, 0.717) is 18.0 Å². The molecule has 2 unspecified atom stereocenters. The number of hydrogen-bond acceptors (Lipinski definition) is 3. The number of ether oxygens (including phenoxy) is 1. The Hall–Kier alpha value is -2.04. The van der Waals surface area contributed by atoms with Crippen LogP contribution in [-0.2, 0) is 6.42 Å². The third kappa shape index (κ3) is 10.5. The first-order chi connectivity index (χ1) is 15.6. The minimum Gasteiger partial charge on any atom is -0.487 e. The van der Waals surface area contributed by atoms with Gasteiger partial charge in [0.1, 0.15) is 12.8 Å². The molecular weight excluding hydrogens is 406 g/mol. The predicted molar refractivity (Wildman–Crippen MR) is 129 cm³/mol. The number of unbranched alkanes of at least 4 members (excludes halogenated alkanes) is 7. The summed E-state index contributed by atoms with van der Waals surface area (Å²) in [4.78, 5) is 8.69. The smallest absolute Gasteiger partial charge is 0.159 e. The fourth-order valence-electron chi connectivity index (χ4n) is 3.66. The van der Waals surface area contributed by atoms with Crippen LogP contribution in [0.15, 0.2) is 36.7 Å². The number of alkyl halides is 2. The van der Waals surface area contributed by atoms with Gasteiger partial charge < -0.3 is 4.74 Å². The summed E-state index contributed by atoms with van der Waals surface area (Å²) in [5.41, 5.74) is 2.29. The molecule has 2 aromatic rings. The lowest BCUT2D eigenvalue weighted by Crippen LogP contribution is -2.15. The lowest BCUT2D eigenvalue weighted by Gasteiger charge is -2.11. The number of hydrogen-bond donors (Lipinski definition) is 0. The summed E-state index contributed by atoms with van der Waals surface area (Å²) in [7, 11) is 0. The van der Waals surface area contributed by atoms with E-state index in [4.69, 9.17) is 4.74 Å². The van der Waals surface area contributed by atoms with Gasteiger partial charge in [0.15, 0.2) is 11.6 Å². The van der Waals surface area contributed by atoms with Crippen molar-refractivity contribution in [2.75, 3.05) is 6.61 Å². The van der Waals surface area contributed by atoms with Crippen molar-refractivity contribution in [3.63, 3.8) is 0 Å². The van der Waals surface area contributed by atoms with Crippen LogP contribution in [0, 0.1) is 0 Å². The monoisotopic (exact) mass is 446 g/mol. The average Bonchev–Trinajstić information content (AvgIpc) is 2.83. The summed E-state index contributed by atoms with van der Waals surface area (Å²) in [6, 6.07) is 8.39. The molecule has 3 nitrogen and oxygen atoms in total. The van der Waals surface area contributed by atoms with Crippen LogP contribution in [0.2, 0.25) is 0 Å². The van der Waals surface area contributed by atoms with Crippen LogP contribution in [0.1, 0.15) is 90.0 Å². The van der Waals surface area contributed by atoms with Gasteiger partial charge in [-0.1, -0.05) is 83.1 Å². The molecular formula is C27H40F2N2O. The number of aromatic nitrogens is 2. The molecule has 0 aliphatic heterocycles. The molecule has 0 saturated carbocycles. The van der Waals surface area contributed by atoms with Crippen LogP contribution in [0.5, 0.6) is 5.75 Å². The maximum atomic E-state index is 13.8. The van der Waals surface area contributed by atoms with E-state index >= 15 is 0 Å². The summed E-state index contributed by atoms with van der Waals surface area (Å²) in [6.07, 6.45) is 13.6. The van der Waals surface area contributed by atoms with Gasteiger partial charge in [-0.3, -0.25) is 0 Å². The Bertz CT molecular complexity index is 721. The summed E-state index contributed by atoms with van der Waals surface area (Å²) in [5, 5.41) is 0. The van der Waals surface area contributed by atoms with Crippen LogP contribution in [0.25, 0.3) is 11.4 Å². The van der Waals surface area contributed by atoms with E-state index in [1.807, 2.05) is 0 Å². The van der Waals surface area contributed by atoms with Gasteiger partial charge in [-0.05, 0) is 37.7 Å². The molecule has 5 heteroatoms. The minimum atomic E-state index is -1.19. The van der Waals surface area contributed by atoms with Crippen LogP contribution in [-0.4, -0.2) is 28.9 Å². The summed E-state index contributed by atoms with van der Waals surface area (Å²) in [5.74, 6) is 1.05. The van der Waals surface area contributed by atoms with Crippen LogP contribution >= 0.6 is 0 Å². The van der Waals surface area contributed by atoms with E-state index in [1.54, 1.807) is 19.3 Å². The fraction of sp³-hybridized carbons (Fsp3) is 0.630. The number of rotatable bonds is 17. The van der Waals surface area contributed by atoms with Crippen LogP contribution in [0.4, 0.5) is 8.78 Å². The quantitative estimate of drug-likeness (QED) is 0.230. The van der Waals surface area contributed by atoms with Crippen molar-refractivity contribution in [3.8, 4) is 17.1 Å². The van der Waals surface area contributed by atoms with Gasteiger partial charge in [-0.2, -0.15) is 0 Å². The molecule has 32 heavy (non-hydrogen) atoms. The SMILES string of the molecule is CCCCCCCCCCc1ccc(-c2ncc(OCC(F)CCC(F)CC)cn2)cc1. The number of benzene rings is 1. The molecule has 0 aliphatic carbocycles. The molecule has 1 heterocycles. The van der Waals surface area contributed by atoms with Gasteiger partial charge in [0.05, 0.1) is 18.6 Å². The Morgan fingerprint density at radius 1 is 0.781 bits per heavy atom. The highest BCUT2D eigenvalue weighted by molar-refractivity contribution is 5.55. The highest BCUT2D eigenvalue weighted by atomic mass is 19.1. The topological polar surface area (TPSA) is 35.0 Å². The second-order valence-corrected chi connectivity index (χ2v) is 8.66. The number of halogens is 2. The first-order valence-electron chi connectivity index (χ1n) is 12.4. The molecule has 0 aliphatic rings. The second kappa shape index (κ2) is 15.7. The van der Waals surface area contributed by atoms with Gasteiger partial charge in [0, 0.05) is 5.56 Å². The molecule has 0 saturated heterocycles. The molecule has 1 aromatic heterocycles. The van der Waals surface area contributed by atoms with Crippen molar-refractivity contribution in [1.82, 2.24) is 9.97 Å². The minimum absolute atomic E-state index is 0.105. The highest BCUT2D eigenvalue weighted by Crippen LogP contribution is 2.19. The maximum Gasteiger partial charge on any atom is 0.159 e. The van der Waals surface area contributed by atoms with Gasteiger partial charge in [-0.15, -0.1) is 0 Å². The molecule has 2 rings (SSSR count). The summed E-state index contributed by atoms with van der Waals surface area (Å²) < 4.78 is 32.4. The first-order valence-corrected chi connectivity index (χ1v) is 12.4. The highest BCUT2D eigenvalue weighted by Gasteiger charge is 2.12. The third-order valence-electron chi connectivity index (χ3n) is 5.83. The van der Waals surface area contributed by atoms with Crippen LogP contribution in [0.3, 0.4) is 0 Å². The Morgan fingerprint density at radius 2 is 1.38 bits per heavy atom. The van der Waals surface area contributed by atoms with Crippen LogP contribution < -0.4 is 4.74 Å². The summed E-state index contributed by atoms with van der Waals surface area (Å²) >= 11 is 0. The lowest BCUT2D eigenvalue weighted by molar-refractivity contribution is 0.169. The molecule has 0 bridgehead atoms. The van der Waals surface area contributed by atoms with E-state index in [-0.39, 0.29) is 19.4 Å². The summed E-state index contributed by atoms with van der Waals surface area (Å²) in [6.45, 7) is 3.91. The van der Waals surface area contributed by atoms with E-state index in [1.165, 1.54) is 56.9 Å². The predicted octanol–water partition coefficient (Wildman–Crippen LogP) is 8.07. The molecule has 178 valence electrons. The number of aryl methyl sites for hydroxylation is 1. The Balaban J connectivity index is 1.69. The molecule has 0 amide bonds. The van der Waals surface area contributed by atoms with Crippen molar-refractivity contribution in [2.45, 2.75) is 103 Å². The molecule has 0 spiro atoms. The first kappa shape index (κ1) is 26.2. The van der Waals surface area contributed by atoms with Gasteiger partial charge in [0.2, 0.25) is 0 Å². The standard InChI is InChI=1S/C27H40F2N2O/c1-3-5-6-7-8-9-10-11-12-22-13-15-23(16-14-22)27-30-19-26(20-31-27)32-21-25(29)18-17-24(28)4-2/h13-16,19-20,24-25H,3-12,17-18,21H2,1-2H3. The zero-order chi connectivity index (χ0) is 23.0. The van der Waals surface area contributed by atoms with Crippen molar-refractivity contribution in [3.05, 3.63) is 42.2 Å². The second-order valence-electron chi connectivity index (χ2n) is 8.66. The Labute approximate surface area is 193 Å². The Kier molecular flexibility index (Phi) is 12.9. The maximum absolute atomic E-state index is 13.8. The largest absolute Gasteiger partial charge is 0.487 e. The molecule has 1 aromatic carbocycles. The van der Waals surface area contributed by atoms with Gasteiger partial charge in [0.25, 0.3) is 0 Å². The van der Waals surface area contributed by atoms with Crippen molar-refractivity contribution in [1.29, 1.82) is 0 Å². The molecule has 0 radical (unpaired) electrons. The third-order valence-corrected chi connectivity index (χ3v) is 5.83. The van der Waals surface area contributed by atoms with E-state index in [2.05, 4.69) is 41.2 Å². The Morgan fingerprint density at radius 3 is 2.00 bits per heavy atom. The van der Waals surface area contributed by atoms with Crippen molar-refractivity contribution >= 4 is 0 Å². The number of nitrogens with zero attached hydrogens (tertiary/aromatic N) is 2. The zero-order valence-electron chi connectivity index (χ0n) is 19.9.